The summed E-state index contributed by atoms with van der Waals surface area (Å²) in [6, 6.07) is 0. The second-order valence-corrected chi connectivity index (χ2v) is 2.71. The maximum Gasteiger partial charge on any atom is 0.171 e. The molecule has 0 saturated carbocycles. The summed E-state index contributed by atoms with van der Waals surface area (Å²) < 4.78 is 4.97. The molecular weight excluding hydrogens is 186 g/mol. The van der Waals surface area contributed by atoms with Crippen molar-refractivity contribution in [2.45, 2.75) is 0 Å². The van der Waals surface area contributed by atoms with Crippen molar-refractivity contribution in [1.29, 1.82) is 0 Å². The molecule has 6 heteroatoms. The van der Waals surface area contributed by atoms with Gasteiger partial charge in [0.2, 0.25) is 0 Å². The molecule has 0 unspecified atom stereocenters. The topological polar surface area (TPSA) is 107 Å². The average molecular weight is 203 g/mol. The standard InChI is InChI=1S/C8H17N3O3/c9-3-7(12)5-11-1-2-14-6-8(13)4-10/h11H,1-6,9-10H2. The van der Waals surface area contributed by atoms with Crippen molar-refractivity contribution in [3.8, 4) is 0 Å². The third kappa shape index (κ3) is 7.81. The molecule has 6 nitrogen and oxygen atoms in total. The number of carbonyl (C=O) groups excluding carboxylic acids is 2. The van der Waals surface area contributed by atoms with Crippen LogP contribution in [0.25, 0.3) is 0 Å². The average Bonchev–Trinajstić information content (AvgIpc) is 2.22. The predicted molar refractivity (Wildman–Crippen MR) is 51.8 cm³/mol. The highest BCUT2D eigenvalue weighted by molar-refractivity contribution is 5.82. The van der Waals surface area contributed by atoms with E-state index in [1.54, 1.807) is 0 Å². The second-order valence-electron chi connectivity index (χ2n) is 2.71. The van der Waals surface area contributed by atoms with Gasteiger partial charge < -0.3 is 21.5 Å². The number of carbonyl (C=O) groups is 2. The highest BCUT2D eigenvalue weighted by Gasteiger charge is 1.98. The molecule has 0 aromatic heterocycles. The number of nitrogens with one attached hydrogen (secondary N) is 1. The SMILES string of the molecule is NCC(=O)CNCCOCC(=O)CN. The van der Waals surface area contributed by atoms with Crippen molar-refractivity contribution in [3.05, 3.63) is 0 Å². The first kappa shape index (κ1) is 13.2. The Bertz CT molecular complexity index is 165. The van der Waals surface area contributed by atoms with Gasteiger partial charge in [-0.2, -0.15) is 0 Å². The van der Waals surface area contributed by atoms with Crippen LogP contribution in [0.4, 0.5) is 0 Å². The molecule has 82 valence electrons. The lowest BCUT2D eigenvalue weighted by molar-refractivity contribution is -0.122. The van der Waals surface area contributed by atoms with Crippen LogP contribution in [0.5, 0.6) is 0 Å². The summed E-state index contributed by atoms with van der Waals surface area (Å²) in [6.45, 7) is 1.21. The van der Waals surface area contributed by atoms with Gasteiger partial charge in [-0.3, -0.25) is 9.59 Å². The summed E-state index contributed by atoms with van der Waals surface area (Å²) in [5.41, 5.74) is 10.2. The van der Waals surface area contributed by atoms with Crippen LogP contribution in [0.1, 0.15) is 0 Å². The third-order valence-electron chi connectivity index (χ3n) is 1.46. The fourth-order valence-electron chi connectivity index (χ4n) is 0.689. The molecule has 5 N–H and O–H groups in total. The summed E-state index contributed by atoms with van der Waals surface area (Å²) in [6.07, 6.45) is 0. The predicted octanol–water partition coefficient (Wildman–Crippen LogP) is -2.35. The Morgan fingerprint density at radius 3 is 2.36 bits per heavy atom. The van der Waals surface area contributed by atoms with Crippen LogP contribution in [-0.2, 0) is 14.3 Å². The number of hydrogen-bond acceptors (Lipinski definition) is 6. The Balaban J connectivity index is 3.14. The van der Waals surface area contributed by atoms with E-state index in [1.807, 2.05) is 0 Å². The van der Waals surface area contributed by atoms with Gasteiger partial charge in [-0.25, -0.2) is 0 Å². The van der Waals surface area contributed by atoms with E-state index in [1.165, 1.54) is 0 Å². The molecule has 0 aliphatic rings. The van der Waals surface area contributed by atoms with Gasteiger partial charge in [-0.1, -0.05) is 0 Å². The van der Waals surface area contributed by atoms with Crippen LogP contribution in [0.2, 0.25) is 0 Å². The molecule has 0 aromatic rings. The van der Waals surface area contributed by atoms with Gasteiger partial charge in [-0.05, 0) is 0 Å². The molecule has 14 heavy (non-hydrogen) atoms. The molecular formula is C8H17N3O3. The highest BCUT2D eigenvalue weighted by atomic mass is 16.5. The van der Waals surface area contributed by atoms with E-state index in [0.717, 1.165) is 0 Å². The van der Waals surface area contributed by atoms with Gasteiger partial charge in [-0.15, -0.1) is 0 Å². The summed E-state index contributed by atoms with van der Waals surface area (Å²) in [5.74, 6) is -0.189. The minimum atomic E-state index is -0.136. The molecule has 0 spiro atoms. The molecule has 0 aliphatic heterocycles. The third-order valence-corrected chi connectivity index (χ3v) is 1.46. The lowest BCUT2D eigenvalue weighted by Gasteiger charge is -2.03. The Morgan fingerprint density at radius 1 is 1.14 bits per heavy atom. The first-order valence-corrected chi connectivity index (χ1v) is 4.42. The van der Waals surface area contributed by atoms with E-state index in [4.69, 9.17) is 16.2 Å². The fourth-order valence-corrected chi connectivity index (χ4v) is 0.689. The molecule has 0 radical (unpaired) electrons. The maximum absolute atomic E-state index is 10.7. The van der Waals surface area contributed by atoms with Crippen molar-refractivity contribution in [2.75, 3.05) is 39.4 Å². The number of hydrogen-bond donors (Lipinski definition) is 3. The fraction of sp³-hybridized carbons (Fsp3) is 0.750. The lowest BCUT2D eigenvalue weighted by Crippen LogP contribution is -2.31. The highest BCUT2D eigenvalue weighted by Crippen LogP contribution is 1.75. The van der Waals surface area contributed by atoms with Crippen LogP contribution in [-0.4, -0.2) is 51.0 Å². The Morgan fingerprint density at radius 2 is 1.79 bits per heavy atom. The smallest absolute Gasteiger partial charge is 0.171 e. The van der Waals surface area contributed by atoms with Crippen LogP contribution in [0, 0.1) is 0 Å². The molecule has 0 heterocycles. The zero-order valence-corrected chi connectivity index (χ0v) is 8.12. The lowest BCUT2D eigenvalue weighted by atomic mass is 10.4. The van der Waals surface area contributed by atoms with E-state index >= 15 is 0 Å². The number of rotatable bonds is 9. The minimum absolute atomic E-state index is 0.000905. The summed E-state index contributed by atoms with van der Waals surface area (Å²) in [5, 5.41) is 2.83. The summed E-state index contributed by atoms with van der Waals surface area (Å²) in [4.78, 5) is 21.4. The second kappa shape index (κ2) is 8.76. The monoisotopic (exact) mass is 203 g/mol. The first-order valence-electron chi connectivity index (χ1n) is 4.42. The van der Waals surface area contributed by atoms with Crippen molar-refractivity contribution >= 4 is 11.6 Å². The van der Waals surface area contributed by atoms with Crippen LogP contribution < -0.4 is 16.8 Å². The molecule has 0 bridgehead atoms. The van der Waals surface area contributed by atoms with Crippen molar-refractivity contribution < 1.29 is 14.3 Å². The number of Topliss-reactive ketones (excluding diaryl/α,β-unsaturated/α-hetero) is 2. The number of nitrogens with two attached hydrogens (primary N) is 2. The Labute approximate surface area is 83.0 Å². The quantitative estimate of drug-likeness (QED) is 0.362. The van der Waals surface area contributed by atoms with E-state index in [9.17, 15) is 9.59 Å². The molecule has 0 aromatic carbocycles. The molecule has 0 amide bonds. The minimum Gasteiger partial charge on any atom is -0.372 e. The van der Waals surface area contributed by atoms with Gasteiger partial charge in [0.05, 0.1) is 26.2 Å². The molecule has 0 aliphatic carbocycles. The van der Waals surface area contributed by atoms with E-state index < -0.39 is 0 Å². The molecule has 0 rings (SSSR count). The van der Waals surface area contributed by atoms with Crippen LogP contribution in [0.15, 0.2) is 0 Å². The molecule has 0 atom stereocenters. The number of ketones is 2. The van der Waals surface area contributed by atoms with Crippen molar-refractivity contribution in [2.24, 2.45) is 11.5 Å². The van der Waals surface area contributed by atoms with Crippen molar-refractivity contribution in [3.63, 3.8) is 0 Å². The van der Waals surface area contributed by atoms with Gasteiger partial charge in [0.15, 0.2) is 11.6 Å². The normalized spacial score (nSPS) is 10.1. The van der Waals surface area contributed by atoms with E-state index in [-0.39, 0.29) is 37.8 Å². The van der Waals surface area contributed by atoms with Gasteiger partial charge in [0.1, 0.15) is 6.61 Å². The Kier molecular flexibility index (Phi) is 8.25. The molecule has 0 saturated heterocycles. The van der Waals surface area contributed by atoms with E-state index in [0.29, 0.717) is 13.2 Å². The summed E-state index contributed by atoms with van der Waals surface area (Å²) >= 11 is 0. The van der Waals surface area contributed by atoms with Gasteiger partial charge in [0, 0.05) is 6.54 Å². The maximum atomic E-state index is 10.7. The van der Waals surface area contributed by atoms with Crippen LogP contribution in [0.3, 0.4) is 0 Å². The van der Waals surface area contributed by atoms with Crippen molar-refractivity contribution in [1.82, 2.24) is 5.32 Å². The van der Waals surface area contributed by atoms with Gasteiger partial charge in [0.25, 0.3) is 0 Å². The van der Waals surface area contributed by atoms with Crippen LogP contribution >= 0.6 is 0 Å². The Hall–Kier alpha value is -0.820. The summed E-state index contributed by atoms with van der Waals surface area (Å²) in [7, 11) is 0. The zero-order valence-electron chi connectivity index (χ0n) is 8.12. The first-order chi connectivity index (χ1) is 6.70. The zero-order chi connectivity index (χ0) is 10.8. The number of ether oxygens (including phenoxy) is 1. The largest absolute Gasteiger partial charge is 0.372 e. The van der Waals surface area contributed by atoms with Gasteiger partial charge >= 0.3 is 0 Å². The molecule has 0 fully saturated rings. The van der Waals surface area contributed by atoms with E-state index in [2.05, 4.69) is 5.32 Å².